The zero-order valence-electron chi connectivity index (χ0n) is 10.4. The number of hydrogen-bond acceptors (Lipinski definition) is 3. The Morgan fingerprint density at radius 2 is 2.00 bits per heavy atom. The van der Waals surface area contributed by atoms with E-state index in [0.717, 1.165) is 11.1 Å². The summed E-state index contributed by atoms with van der Waals surface area (Å²) in [6, 6.07) is 12.4. The zero-order chi connectivity index (χ0) is 13.8. The highest BCUT2D eigenvalue weighted by molar-refractivity contribution is 6.33. The van der Waals surface area contributed by atoms with Crippen LogP contribution in [0.2, 0.25) is 5.02 Å². The lowest BCUT2D eigenvalue weighted by Gasteiger charge is -2.09. The molecular weight excluding hydrogens is 264 g/mol. The van der Waals surface area contributed by atoms with Crippen molar-refractivity contribution in [2.24, 2.45) is 0 Å². The molecule has 0 aromatic heterocycles. The molecule has 4 heteroatoms. The Kier molecular flexibility index (Phi) is 4.20. The maximum Gasteiger partial charge on any atom is 0.337 e. The molecular formula is C15H13ClO3. The van der Waals surface area contributed by atoms with Gasteiger partial charge in [0.25, 0.3) is 0 Å². The predicted octanol–water partition coefficient (Wildman–Crippen LogP) is 3.29. The standard InChI is InChI=1S/C15H13ClO3/c1-19-15(18)12-7-10(9-17)6-11(8-12)13-4-2-3-5-14(13)16/h2-8,17H,9H2,1H3. The summed E-state index contributed by atoms with van der Waals surface area (Å²) in [5, 5.41) is 9.86. The summed E-state index contributed by atoms with van der Waals surface area (Å²) in [6.45, 7) is -0.151. The third kappa shape index (κ3) is 2.95. The molecule has 0 aliphatic rings. The summed E-state index contributed by atoms with van der Waals surface area (Å²) in [7, 11) is 1.32. The van der Waals surface area contributed by atoms with Crippen molar-refractivity contribution in [3.05, 3.63) is 58.6 Å². The molecule has 0 unspecified atom stereocenters. The first-order valence-corrected chi connectivity index (χ1v) is 6.11. The maximum absolute atomic E-state index is 11.6. The van der Waals surface area contributed by atoms with Crippen LogP contribution < -0.4 is 0 Å². The number of hydrogen-bond donors (Lipinski definition) is 1. The molecule has 0 heterocycles. The molecule has 19 heavy (non-hydrogen) atoms. The van der Waals surface area contributed by atoms with Gasteiger partial charge in [0.15, 0.2) is 0 Å². The summed E-state index contributed by atoms with van der Waals surface area (Å²) in [5.41, 5.74) is 2.61. The van der Waals surface area contributed by atoms with Crippen LogP contribution in [0.25, 0.3) is 11.1 Å². The Morgan fingerprint density at radius 3 is 2.63 bits per heavy atom. The van der Waals surface area contributed by atoms with Gasteiger partial charge in [-0.25, -0.2) is 4.79 Å². The highest BCUT2D eigenvalue weighted by atomic mass is 35.5. The smallest absolute Gasteiger partial charge is 0.337 e. The number of halogens is 1. The number of aliphatic hydroxyl groups is 1. The van der Waals surface area contributed by atoms with Gasteiger partial charge in [-0.3, -0.25) is 0 Å². The lowest BCUT2D eigenvalue weighted by molar-refractivity contribution is 0.0600. The topological polar surface area (TPSA) is 46.5 Å². The fourth-order valence-electron chi connectivity index (χ4n) is 1.87. The van der Waals surface area contributed by atoms with Gasteiger partial charge >= 0.3 is 5.97 Å². The minimum Gasteiger partial charge on any atom is -0.465 e. The molecule has 0 bridgehead atoms. The highest BCUT2D eigenvalue weighted by Crippen LogP contribution is 2.29. The number of rotatable bonds is 3. The van der Waals surface area contributed by atoms with E-state index < -0.39 is 5.97 Å². The van der Waals surface area contributed by atoms with Crippen molar-refractivity contribution >= 4 is 17.6 Å². The van der Waals surface area contributed by atoms with Crippen molar-refractivity contribution in [2.45, 2.75) is 6.61 Å². The van der Waals surface area contributed by atoms with Gasteiger partial charge in [-0.1, -0.05) is 29.8 Å². The van der Waals surface area contributed by atoms with Crippen LogP contribution in [0.5, 0.6) is 0 Å². The van der Waals surface area contributed by atoms with Gasteiger partial charge in [0.2, 0.25) is 0 Å². The molecule has 2 rings (SSSR count). The molecule has 0 radical (unpaired) electrons. The van der Waals surface area contributed by atoms with E-state index >= 15 is 0 Å². The second kappa shape index (κ2) is 5.87. The molecule has 0 saturated heterocycles. The molecule has 0 fully saturated rings. The van der Waals surface area contributed by atoms with Crippen molar-refractivity contribution in [1.29, 1.82) is 0 Å². The van der Waals surface area contributed by atoms with Gasteiger partial charge in [-0.05, 0) is 35.4 Å². The van der Waals surface area contributed by atoms with E-state index in [2.05, 4.69) is 0 Å². The predicted molar refractivity (Wildman–Crippen MR) is 74.2 cm³/mol. The van der Waals surface area contributed by atoms with Gasteiger partial charge in [0, 0.05) is 10.6 Å². The Labute approximate surface area is 116 Å². The summed E-state index contributed by atoms with van der Waals surface area (Å²) in [4.78, 5) is 11.6. The number of carbonyl (C=O) groups is 1. The molecule has 0 aliphatic heterocycles. The molecule has 2 aromatic carbocycles. The average Bonchev–Trinajstić information content (AvgIpc) is 2.46. The molecule has 3 nitrogen and oxygen atoms in total. The molecule has 98 valence electrons. The van der Waals surface area contributed by atoms with E-state index in [9.17, 15) is 9.90 Å². The molecule has 0 spiro atoms. The highest BCUT2D eigenvalue weighted by Gasteiger charge is 2.11. The van der Waals surface area contributed by atoms with Gasteiger partial charge in [-0.2, -0.15) is 0 Å². The first kappa shape index (κ1) is 13.6. The summed E-state index contributed by atoms with van der Waals surface area (Å²) in [5.74, 6) is -0.441. The molecule has 0 aliphatic carbocycles. The van der Waals surface area contributed by atoms with E-state index in [-0.39, 0.29) is 6.61 Å². The van der Waals surface area contributed by atoms with E-state index in [1.807, 2.05) is 18.2 Å². The third-order valence-electron chi connectivity index (χ3n) is 2.78. The van der Waals surface area contributed by atoms with Crippen molar-refractivity contribution in [2.75, 3.05) is 7.11 Å². The van der Waals surface area contributed by atoms with E-state index in [1.165, 1.54) is 7.11 Å². The molecule has 0 amide bonds. The molecule has 0 saturated carbocycles. The van der Waals surface area contributed by atoms with Crippen LogP contribution in [0.1, 0.15) is 15.9 Å². The van der Waals surface area contributed by atoms with Crippen LogP contribution >= 0.6 is 11.6 Å². The number of carbonyl (C=O) groups excluding carboxylic acids is 1. The minimum absolute atomic E-state index is 0.151. The summed E-state index contributed by atoms with van der Waals surface area (Å²) in [6.07, 6.45) is 0. The number of aliphatic hydroxyl groups excluding tert-OH is 1. The number of ether oxygens (including phenoxy) is 1. The first-order valence-electron chi connectivity index (χ1n) is 5.73. The van der Waals surface area contributed by atoms with Crippen LogP contribution in [-0.4, -0.2) is 18.2 Å². The lowest BCUT2D eigenvalue weighted by Crippen LogP contribution is -2.02. The second-order valence-electron chi connectivity index (χ2n) is 4.05. The van der Waals surface area contributed by atoms with Gasteiger partial charge in [0.1, 0.15) is 0 Å². The number of methoxy groups -OCH3 is 1. The van der Waals surface area contributed by atoms with Crippen LogP contribution in [0.4, 0.5) is 0 Å². The Hall–Kier alpha value is -1.84. The van der Waals surface area contributed by atoms with Crippen LogP contribution in [-0.2, 0) is 11.3 Å². The molecule has 1 N–H and O–H groups in total. The summed E-state index contributed by atoms with van der Waals surface area (Å²) < 4.78 is 4.70. The van der Waals surface area contributed by atoms with E-state index in [4.69, 9.17) is 16.3 Å². The van der Waals surface area contributed by atoms with Crippen LogP contribution in [0.15, 0.2) is 42.5 Å². The van der Waals surface area contributed by atoms with Crippen LogP contribution in [0.3, 0.4) is 0 Å². The average molecular weight is 277 g/mol. The van der Waals surface area contributed by atoms with Gasteiger partial charge < -0.3 is 9.84 Å². The molecule has 2 aromatic rings. The Bertz CT molecular complexity index is 608. The normalized spacial score (nSPS) is 10.3. The summed E-state index contributed by atoms with van der Waals surface area (Å²) >= 11 is 6.14. The quantitative estimate of drug-likeness (QED) is 0.875. The van der Waals surface area contributed by atoms with Gasteiger partial charge in [-0.15, -0.1) is 0 Å². The van der Waals surface area contributed by atoms with Crippen molar-refractivity contribution in [3.63, 3.8) is 0 Å². The fourth-order valence-corrected chi connectivity index (χ4v) is 2.11. The van der Waals surface area contributed by atoms with Crippen molar-refractivity contribution in [1.82, 2.24) is 0 Å². The van der Waals surface area contributed by atoms with Crippen molar-refractivity contribution < 1.29 is 14.6 Å². The van der Waals surface area contributed by atoms with Crippen LogP contribution in [0, 0.1) is 0 Å². The fraction of sp³-hybridized carbons (Fsp3) is 0.133. The number of esters is 1. The molecule has 0 atom stereocenters. The minimum atomic E-state index is -0.441. The third-order valence-corrected chi connectivity index (χ3v) is 3.11. The maximum atomic E-state index is 11.6. The van der Waals surface area contributed by atoms with E-state index in [1.54, 1.807) is 24.3 Å². The largest absolute Gasteiger partial charge is 0.465 e. The van der Waals surface area contributed by atoms with E-state index in [0.29, 0.717) is 16.1 Å². The van der Waals surface area contributed by atoms with Gasteiger partial charge in [0.05, 0.1) is 19.3 Å². The monoisotopic (exact) mass is 276 g/mol. The second-order valence-corrected chi connectivity index (χ2v) is 4.46. The Balaban J connectivity index is 2.57. The number of benzene rings is 2. The SMILES string of the molecule is COC(=O)c1cc(CO)cc(-c2ccccc2Cl)c1. The first-order chi connectivity index (χ1) is 9.15. The van der Waals surface area contributed by atoms with Crippen molar-refractivity contribution in [3.8, 4) is 11.1 Å². The lowest BCUT2D eigenvalue weighted by atomic mass is 10.00. The Morgan fingerprint density at radius 1 is 1.26 bits per heavy atom. The zero-order valence-corrected chi connectivity index (χ0v) is 11.1.